The first-order valence-electron chi connectivity index (χ1n) is 6.40. The Morgan fingerprint density at radius 2 is 2.16 bits per heavy atom. The van der Waals surface area contributed by atoms with Gasteiger partial charge < -0.3 is 15.4 Å². The molecule has 0 amide bonds. The largest absolute Gasteiger partial charge is 0.476 e. The van der Waals surface area contributed by atoms with E-state index in [1.54, 1.807) is 0 Å². The lowest BCUT2D eigenvalue weighted by Crippen LogP contribution is -2.17. The molecule has 2 N–H and O–H groups in total. The Morgan fingerprint density at radius 1 is 1.32 bits per heavy atom. The van der Waals surface area contributed by atoms with Gasteiger partial charge >= 0.3 is 0 Å². The Hall–Kier alpha value is -2.30. The van der Waals surface area contributed by atoms with Crippen molar-refractivity contribution in [3.05, 3.63) is 36.2 Å². The lowest BCUT2D eigenvalue weighted by Gasteiger charge is -2.20. The molecule has 0 saturated heterocycles. The van der Waals surface area contributed by atoms with E-state index in [9.17, 15) is 0 Å². The van der Waals surface area contributed by atoms with Gasteiger partial charge in [-0.05, 0) is 25.0 Å². The third-order valence-corrected chi connectivity index (χ3v) is 3.25. The summed E-state index contributed by atoms with van der Waals surface area (Å²) in [6.07, 6.45) is 2.50. The molecule has 2 heterocycles. The topological polar surface area (TPSA) is 64.3 Å². The monoisotopic (exact) mass is 256 g/mol. The second-order valence-electron chi connectivity index (χ2n) is 4.38. The number of nitrogen functional groups attached to an aromatic ring is 1. The van der Waals surface area contributed by atoms with Crippen LogP contribution in [-0.4, -0.2) is 23.1 Å². The first-order valence-corrected chi connectivity index (χ1v) is 6.40. The fourth-order valence-electron chi connectivity index (χ4n) is 2.40. The van der Waals surface area contributed by atoms with Crippen LogP contribution in [0.25, 0.3) is 0 Å². The molecule has 1 aromatic heterocycles. The third-order valence-electron chi connectivity index (χ3n) is 3.25. The minimum Gasteiger partial charge on any atom is -0.476 e. The van der Waals surface area contributed by atoms with Gasteiger partial charge in [-0.1, -0.05) is 18.2 Å². The predicted octanol–water partition coefficient (Wildman–Crippen LogP) is 2.15. The molecular formula is C14H16N4O. The van der Waals surface area contributed by atoms with Gasteiger partial charge in [0, 0.05) is 12.2 Å². The maximum absolute atomic E-state index is 6.11. The molecule has 19 heavy (non-hydrogen) atoms. The van der Waals surface area contributed by atoms with Gasteiger partial charge in [-0.15, -0.1) is 0 Å². The Kier molecular flexibility index (Phi) is 2.95. The molecule has 5 nitrogen and oxygen atoms in total. The summed E-state index contributed by atoms with van der Waals surface area (Å²) in [5, 5.41) is 0. The van der Waals surface area contributed by atoms with Crippen LogP contribution >= 0.6 is 0 Å². The summed E-state index contributed by atoms with van der Waals surface area (Å²) < 4.78 is 5.42. The number of anilines is 3. The predicted molar refractivity (Wildman–Crippen MR) is 74.8 cm³/mol. The molecule has 0 spiro atoms. The van der Waals surface area contributed by atoms with Crippen LogP contribution in [0.2, 0.25) is 0 Å². The van der Waals surface area contributed by atoms with E-state index in [2.05, 4.69) is 33.1 Å². The van der Waals surface area contributed by atoms with Crippen molar-refractivity contribution < 1.29 is 4.74 Å². The van der Waals surface area contributed by atoms with Crippen LogP contribution in [0, 0.1) is 0 Å². The van der Waals surface area contributed by atoms with Gasteiger partial charge in [0.1, 0.15) is 12.0 Å². The first kappa shape index (κ1) is 11.8. The minimum atomic E-state index is 0.455. The summed E-state index contributed by atoms with van der Waals surface area (Å²) in [6.45, 7) is 3.33. The van der Waals surface area contributed by atoms with Crippen LogP contribution in [0.5, 0.6) is 5.88 Å². The van der Waals surface area contributed by atoms with Crippen molar-refractivity contribution >= 4 is 17.2 Å². The highest BCUT2D eigenvalue weighted by molar-refractivity contribution is 5.77. The molecule has 2 aromatic rings. The summed E-state index contributed by atoms with van der Waals surface area (Å²) in [4.78, 5) is 10.5. The Bertz CT molecular complexity index is 600. The van der Waals surface area contributed by atoms with E-state index < -0.39 is 0 Å². The third kappa shape index (κ3) is 1.97. The standard InChI is InChI=1S/C14H16N4O/c1-2-19-14-12(15)13(16-9-17-14)18-8-7-10-5-3-4-6-11(10)18/h3-6,9H,2,7-8,15H2,1H3. The molecule has 0 atom stereocenters. The van der Waals surface area contributed by atoms with Gasteiger partial charge in [0.2, 0.25) is 5.88 Å². The zero-order valence-electron chi connectivity index (χ0n) is 10.8. The van der Waals surface area contributed by atoms with E-state index in [0.29, 0.717) is 18.2 Å². The van der Waals surface area contributed by atoms with Crippen LogP contribution in [0.3, 0.4) is 0 Å². The van der Waals surface area contributed by atoms with E-state index in [1.807, 2.05) is 13.0 Å². The molecule has 0 radical (unpaired) electrons. The van der Waals surface area contributed by atoms with Crippen molar-refractivity contribution in [2.45, 2.75) is 13.3 Å². The van der Waals surface area contributed by atoms with E-state index in [-0.39, 0.29) is 0 Å². The van der Waals surface area contributed by atoms with Crippen LogP contribution in [-0.2, 0) is 6.42 Å². The first-order chi connectivity index (χ1) is 9.31. The molecule has 1 aliphatic rings. The van der Waals surface area contributed by atoms with Crippen LogP contribution < -0.4 is 15.4 Å². The highest BCUT2D eigenvalue weighted by Gasteiger charge is 2.24. The van der Waals surface area contributed by atoms with Crippen molar-refractivity contribution in [1.29, 1.82) is 0 Å². The fraction of sp³-hybridized carbons (Fsp3) is 0.286. The molecule has 98 valence electrons. The summed E-state index contributed by atoms with van der Waals surface area (Å²) in [5.41, 5.74) is 9.10. The van der Waals surface area contributed by atoms with Crippen molar-refractivity contribution in [3.8, 4) is 5.88 Å². The van der Waals surface area contributed by atoms with E-state index in [0.717, 1.165) is 24.5 Å². The molecule has 5 heteroatoms. The second kappa shape index (κ2) is 4.76. The summed E-state index contributed by atoms with van der Waals surface area (Å²) in [7, 11) is 0. The van der Waals surface area contributed by atoms with Crippen LogP contribution in [0.4, 0.5) is 17.2 Å². The maximum Gasteiger partial charge on any atom is 0.242 e. The zero-order valence-corrected chi connectivity index (χ0v) is 10.8. The molecule has 0 bridgehead atoms. The Labute approximate surface area is 112 Å². The summed E-state index contributed by atoms with van der Waals surface area (Å²) >= 11 is 0. The van der Waals surface area contributed by atoms with Crippen molar-refractivity contribution in [2.24, 2.45) is 0 Å². The van der Waals surface area contributed by atoms with Crippen molar-refractivity contribution in [3.63, 3.8) is 0 Å². The lowest BCUT2D eigenvalue weighted by atomic mass is 10.2. The SMILES string of the molecule is CCOc1ncnc(N2CCc3ccccc32)c1N. The number of rotatable bonds is 3. The number of hydrogen-bond acceptors (Lipinski definition) is 5. The quantitative estimate of drug-likeness (QED) is 0.911. The minimum absolute atomic E-state index is 0.455. The number of ether oxygens (including phenoxy) is 1. The van der Waals surface area contributed by atoms with Gasteiger partial charge in [0.05, 0.1) is 6.61 Å². The zero-order chi connectivity index (χ0) is 13.2. The van der Waals surface area contributed by atoms with Gasteiger partial charge in [-0.3, -0.25) is 0 Å². The van der Waals surface area contributed by atoms with E-state index in [4.69, 9.17) is 10.5 Å². The fourth-order valence-corrected chi connectivity index (χ4v) is 2.40. The Balaban J connectivity index is 2.02. The maximum atomic E-state index is 6.11. The Morgan fingerprint density at radius 3 is 3.00 bits per heavy atom. The van der Waals surface area contributed by atoms with Gasteiger partial charge in [0.25, 0.3) is 0 Å². The normalized spacial score (nSPS) is 13.4. The molecule has 0 aliphatic carbocycles. The average Bonchev–Trinajstić information content (AvgIpc) is 2.85. The summed E-state index contributed by atoms with van der Waals surface area (Å²) in [6, 6.07) is 8.30. The number of para-hydroxylation sites is 1. The highest BCUT2D eigenvalue weighted by atomic mass is 16.5. The number of benzene rings is 1. The van der Waals surface area contributed by atoms with Gasteiger partial charge in [-0.25, -0.2) is 4.98 Å². The lowest BCUT2D eigenvalue weighted by molar-refractivity contribution is 0.328. The number of fused-ring (bicyclic) bond motifs is 1. The van der Waals surface area contributed by atoms with E-state index >= 15 is 0 Å². The second-order valence-corrected chi connectivity index (χ2v) is 4.38. The molecule has 1 aliphatic heterocycles. The molecule has 1 aromatic carbocycles. The smallest absolute Gasteiger partial charge is 0.242 e. The molecule has 0 fully saturated rings. The van der Waals surface area contributed by atoms with Gasteiger partial charge in [-0.2, -0.15) is 4.98 Å². The van der Waals surface area contributed by atoms with Gasteiger partial charge in [0.15, 0.2) is 5.82 Å². The molecular weight excluding hydrogens is 240 g/mol. The van der Waals surface area contributed by atoms with Crippen LogP contribution in [0.1, 0.15) is 12.5 Å². The summed E-state index contributed by atoms with van der Waals surface area (Å²) in [5.74, 6) is 1.18. The number of nitrogens with zero attached hydrogens (tertiary/aromatic N) is 3. The number of nitrogens with two attached hydrogens (primary N) is 1. The highest BCUT2D eigenvalue weighted by Crippen LogP contribution is 2.37. The van der Waals surface area contributed by atoms with Crippen LogP contribution in [0.15, 0.2) is 30.6 Å². The molecule has 0 saturated carbocycles. The van der Waals surface area contributed by atoms with Crippen molar-refractivity contribution in [1.82, 2.24) is 9.97 Å². The molecule has 0 unspecified atom stereocenters. The molecule has 3 rings (SSSR count). The van der Waals surface area contributed by atoms with E-state index in [1.165, 1.54) is 11.9 Å². The average molecular weight is 256 g/mol. The van der Waals surface area contributed by atoms with Crippen molar-refractivity contribution in [2.75, 3.05) is 23.8 Å². The number of hydrogen-bond donors (Lipinski definition) is 1. The number of aromatic nitrogens is 2.